The van der Waals surface area contributed by atoms with E-state index in [1.54, 1.807) is 0 Å². The molecule has 0 bridgehead atoms. The highest BCUT2D eigenvalue weighted by atomic mass is 31.2. The van der Waals surface area contributed by atoms with Crippen LogP contribution in [0.2, 0.25) is 0 Å². The summed E-state index contributed by atoms with van der Waals surface area (Å²) in [6.07, 6.45) is 11.8. The fraction of sp³-hybridized carbons (Fsp3) is 0.0588. The number of nitrogens with zero attached hydrogens (tertiary/aromatic N) is 3. The zero-order valence-corrected chi connectivity index (χ0v) is 22.9. The van der Waals surface area contributed by atoms with Crippen molar-refractivity contribution in [2.75, 3.05) is 6.66 Å². The summed E-state index contributed by atoms with van der Waals surface area (Å²) in [6.45, 7) is 2.13. The Labute approximate surface area is 234 Å². The van der Waals surface area contributed by atoms with E-state index in [0.717, 1.165) is 44.2 Å². The van der Waals surface area contributed by atoms with E-state index in [1.807, 2.05) is 61.2 Å². The van der Waals surface area contributed by atoms with Crippen LogP contribution in [-0.2, 0) is 0 Å². The van der Waals surface area contributed by atoms with E-state index in [-0.39, 0.29) is 0 Å². The second-order valence-corrected chi connectivity index (χ2v) is 11.2. The number of aromatic nitrogens is 3. The van der Waals surface area contributed by atoms with Crippen molar-refractivity contribution in [2.24, 2.45) is 0 Å². The van der Waals surface area contributed by atoms with Gasteiger partial charge in [0.2, 0.25) is 0 Å². The molecule has 0 fully saturated rings. The first-order chi connectivity index (χ1) is 19.8. The molecule has 0 amide bonds. The lowest BCUT2D eigenvalue weighted by Crippen LogP contribution is -2.22. The Bertz CT molecular complexity index is 1840. The molecule has 0 N–H and O–H groups in total. The summed E-state index contributed by atoms with van der Waals surface area (Å²) in [5, 5.41) is 4.53. The third kappa shape index (κ3) is 4.45. The molecule has 0 radical (unpaired) electrons. The molecule has 7 aromatic rings. The molecule has 4 aromatic carbocycles. The van der Waals surface area contributed by atoms with E-state index in [9.17, 15) is 0 Å². The van der Waals surface area contributed by atoms with E-state index in [0.29, 0.717) is 0 Å². The molecule has 0 spiro atoms. The Kier molecular flexibility index (Phi) is 6.35. The molecule has 0 aliphatic heterocycles. The van der Waals surface area contributed by atoms with Crippen molar-refractivity contribution in [2.45, 2.75) is 6.35 Å². The monoisotopic (exact) mass is 541 g/mol. The average molecular weight is 542 g/mol. The van der Waals surface area contributed by atoms with Gasteiger partial charge in [-0.1, -0.05) is 60.7 Å². The van der Waals surface area contributed by atoms with Gasteiger partial charge in [-0.25, -0.2) is 0 Å². The first kappa shape index (κ1) is 24.3. The van der Waals surface area contributed by atoms with E-state index < -0.39 is 14.7 Å². The zero-order chi connectivity index (χ0) is 26.9. The fourth-order valence-corrected chi connectivity index (χ4v) is 6.34. The van der Waals surface area contributed by atoms with Crippen LogP contribution in [0.25, 0.3) is 32.7 Å². The number of rotatable bonds is 8. The van der Waals surface area contributed by atoms with Gasteiger partial charge in [-0.05, 0) is 70.1 Å². The largest absolute Gasteiger partial charge is 0.452 e. The molecular formula is C34H28N3O2P. The molecule has 40 heavy (non-hydrogen) atoms. The number of ether oxygens (including phenoxy) is 1. The van der Waals surface area contributed by atoms with Crippen LogP contribution in [0, 0.1) is 0 Å². The summed E-state index contributed by atoms with van der Waals surface area (Å²) < 4.78 is 20.0. The van der Waals surface area contributed by atoms with Crippen molar-refractivity contribution < 1.29 is 9.26 Å². The molecule has 3 aromatic heterocycles. The molecule has 0 aliphatic carbocycles. The highest BCUT2D eigenvalue weighted by molar-refractivity contribution is 7.50. The number of benzene rings is 4. The molecule has 0 saturated heterocycles. The van der Waals surface area contributed by atoms with Crippen molar-refractivity contribution in [3.8, 4) is 22.6 Å². The van der Waals surface area contributed by atoms with Gasteiger partial charge in [0.1, 0.15) is 11.5 Å². The Hall–Kier alpha value is -4.73. The summed E-state index contributed by atoms with van der Waals surface area (Å²) in [5.41, 5.74) is 2.05. The lowest BCUT2D eigenvalue weighted by atomic mass is 9.92. The number of hydrogen-bond acceptors (Lipinski definition) is 2. The molecule has 0 saturated carbocycles. The maximum absolute atomic E-state index is 6.95. The third-order valence-corrected chi connectivity index (χ3v) is 8.55. The number of hydrogen-bond donors (Lipinski definition) is 0. The van der Waals surface area contributed by atoms with E-state index in [4.69, 9.17) is 9.26 Å². The van der Waals surface area contributed by atoms with Crippen LogP contribution in [0.4, 0.5) is 0 Å². The molecule has 6 heteroatoms. The fourth-order valence-electron chi connectivity index (χ4n) is 5.28. The maximum Gasteiger partial charge on any atom is 0.260 e. The van der Waals surface area contributed by atoms with Crippen LogP contribution in [0.5, 0.6) is 11.5 Å². The Morgan fingerprint density at radius 1 is 0.525 bits per heavy atom. The molecule has 3 heterocycles. The lowest BCUT2D eigenvalue weighted by molar-refractivity contribution is 0.103. The molecule has 1 unspecified atom stereocenters. The minimum Gasteiger partial charge on any atom is -0.452 e. The van der Waals surface area contributed by atoms with E-state index in [1.165, 1.54) is 0 Å². The van der Waals surface area contributed by atoms with Gasteiger partial charge in [-0.15, -0.1) is 0 Å². The van der Waals surface area contributed by atoms with Gasteiger partial charge in [-0.3, -0.25) is 0 Å². The molecule has 196 valence electrons. The standard InChI is InChI=1S/C34H28N3O2P/c1-40(37-24-10-11-25-37)39-31-19-17-27-13-3-5-15-29(27)33(31)32-28-14-4-2-12-26(28)16-18-30(32)38-34(35-20-6-7-21-35)36-22-8-9-23-36/h2-25,34H,1H3. The molecule has 7 rings (SSSR count). The summed E-state index contributed by atoms with van der Waals surface area (Å²) in [7, 11) is -0.938. The van der Waals surface area contributed by atoms with Gasteiger partial charge >= 0.3 is 0 Å². The van der Waals surface area contributed by atoms with Crippen LogP contribution < -0.4 is 9.26 Å². The average Bonchev–Trinajstić information content (AvgIpc) is 3.80. The zero-order valence-electron chi connectivity index (χ0n) is 22.0. The van der Waals surface area contributed by atoms with Crippen molar-refractivity contribution >= 4 is 29.8 Å². The Morgan fingerprint density at radius 2 is 1.00 bits per heavy atom. The predicted octanol–water partition coefficient (Wildman–Crippen LogP) is 9.02. The van der Waals surface area contributed by atoms with Crippen molar-refractivity contribution in [3.63, 3.8) is 0 Å². The van der Waals surface area contributed by atoms with Gasteiger partial charge in [0.05, 0.1) is 0 Å². The van der Waals surface area contributed by atoms with E-state index >= 15 is 0 Å². The summed E-state index contributed by atoms with van der Waals surface area (Å²) in [4.78, 5) is 0. The van der Waals surface area contributed by atoms with Crippen molar-refractivity contribution in [3.05, 3.63) is 146 Å². The molecular weight excluding hydrogens is 513 g/mol. The first-order valence-electron chi connectivity index (χ1n) is 13.3. The highest BCUT2D eigenvalue weighted by Crippen LogP contribution is 2.49. The molecule has 1 atom stereocenters. The Morgan fingerprint density at radius 3 is 1.57 bits per heavy atom. The second-order valence-electron chi connectivity index (χ2n) is 9.64. The summed E-state index contributed by atoms with van der Waals surface area (Å²) in [5.74, 6) is 1.62. The van der Waals surface area contributed by atoms with Crippen LogP contribution in [0.15, 0.2) is 146 Å². The SMILES string of the molecule is CP(Oc1ccc2ccccc2c1-c1c(OC(n2cccc2)n2cccc2)ccc2ccccc12)n1cccc1. The minimum atomic E-state index is -0.938. The smallest absolute Gasteiger partial charge is 0.260 e. The van der Waals surface area contributed by atoms with Crippen LogP contribution in [-0.4, -0.2) is 20.1 Å². The van der Waals surface area contributed by atoms with Gasteiger partial charge in [-0.2, -0.15) is 0 Å². The van der Waals surface area contributed by atoms with Gasteiger partial charge < -0.3 is 22.7 Å². The van der Waals surface area contributed by atoms with Crippen LogP contribution in [0.3, 0.4) is 0 Å². The first-order valence-corrected chi connectivity index (χ1v) is 14.9. The Balaban J connectivity index is 1.47. The quantitative estimate of drug-likeness (QED) is 0.180. The second kappa shape index (κ2) is 10.4. The summed E-state index contributed by atoms with van der Waals surface area (Å²) in [6, 6.07) is 37.6. The van der Waals surface area contributed by atoms with Crippen LogP contribution in [0.1, 0.15) is 6.35 Å². The predicted molar refractivity (Wildman–Crippen MR) is 164 cm³/mol. The number of fused-ring (bicyclic) bond motifs is 2. The third-order valence-electron chi connectivity index (χ3n) is 7.17. The topological polar surface area (TPSA) is 33.2 Å². The van der Waals surface area contributed by atoms with Gasteiger partial charge in [0.25, 0.3) is 6.35 Å². The lowest BCUT2D eigenvalue weighted by Gasteiger charge is -2.26. The highest BCUT2D eigenvalue weighted by Gasteiger charge is 2.23. The normalized spacial score (nSPS) is 12.2. The van der Waals surface area contributed by atoms with Gasteiger partial charge in [0, 0.05) is 55.0 Å². The van der Waals surface area contributed by atoms with Crippen LogP contribution >= 0.6 is 8.30 Å². The van der Waals surface area contributed by atoms with E-state index in [2.05, 4.69) is 105 Å². The van der Waals surface area contributed by atoms with Crippen molar-refractivity contribution in [1.82, 2.24) is 13.5 Å². The maximum atomic E-state index is 6.95. The van der Waals surface area contributed by atoms with Crippen molar-refractivity contribution in [1.29, 1.82) is 0 Å². The minimum absolute atomic E-state index is 0.396. The van der Waals surface area contributed by atoms with Gasteiger partial charge in [0.15, 0.2) is 8.30 Å². The summed E-state index contributed by atoms with van der Waals surface area (Å²) >= 11 is 0. The molecule has 5 nitrogen and oxygen atoms in total. The molecule has 0 aliphatic rings.